The summed E-state index contributed by atoms with van der Waals surface area (Å²) in [6, 6.07) is 5.07. The topological polar surface area (TPSA) is 49.3 Å². The Labute approximate surface area is 136 Å². The number of aliphatic hydroxyl groups is 1. The van der Waals surface area contributed by atoms with Gasteiger partial charge in [-0.1, -0.05) is 49.9 Å². The molecule has 0 bridgehead atoms. The van der Waals surface area contributed by atoms with Crippen LogP contribution < -0.4 is 5.32 Å². The highest BCUT2D eigenvalue weighted by Gasteiger charge is 2.15. The van der Waals surface area contributed by atoms with Gasteiger partial charge in [-0.3, -0.25) is 4.79 Å². The summed E-state index contributed by atoms with van der Waals surface area (Å²) in [4.78, 5) is 11.7. The van der Waals surface area contributed by atoms with Gasteiger partial charge in [0.05, 0.1) is 6.10 Å². The minimum Gasteiger partial charge on any atom is -0.391 e. The van der Waals surface area contributed by atoms with Crippen LogP contribution in [0.15, 0.2) is 24.3 Å². The molecule has 0 fully saturated rings. The van der Waals surface area contributed by atoms with Crippen LogP contribution in [-0.2, 0) is 4.79 Å². The smallest absolute Gasteiger partial charge is 0.244 e. The molecule has 1 amide bonds. The lowest BCUT2D eigenvalue weighted by Crippen LogP contribution is -2.35. The quantitative estimate of drug-likeness (QED) is 0.745. The molecule has 2 N–H and O–H groups in total. The Morgan fingerprint density at radius 3 is 2.33 bits per heavy atom. The van der Waals surface area contributed by atoms with E-state index in [0.717, 1.165) is 18.4 Å². The molecule has 0 saturated heterocycles. The summed E-state index contributed by atoms with van der Waals surface area (Å²) in [5.41, 5.74) is 0.753. The Morgan fingerprint density at radius 2 is 1.81 bits per heavy atom. The third kappa shape index (κ3) is 6.51. The van der Waals surface area contributed by atoms with Crippen molar-refractivity contribution < 1.29 is 9.90 Å². The maximum Gasteiger partial charge on any atom is 0.244 e. The lowest BCUT2D eigenvalue weighted by atomic mass is 9.96. The zero-order chi connectivity index (χ0) is 15.8. The van der Waals surface area contributed by atoms with Crippen LogP contribution in [0.2, 0.25) is 10.0 Å². The van der Waals surface area contributed by atoms with Gasteiger partial charge >= 0.3 is 0 Å². The minimum absolute atomic E-state index is 0.209. The van der Waals surface area contributed by atoms with Crippen LogP contribution in [0.25, 0.3) is 6.08 Å². The highest BCUT2D eigenvalue weighted by Crippen LogP contribution is 2.19. The summed E-state index contributed by atoms with van der Waals surface area (Å²) in [6.45, 7) is 4.32. The van der Waals surface area contributed by atoms with Gasteiger partial charge in [-0.25, -0.2) is 0 Å². The SMILES string of the molecule is CCC(CC)C(O)CNC(=O)/C=C/c1cc(Cl)cc(Cl)c1. The first-order valence-corrected chi connectivity index (χ1v) is 7.81. The maximum absolute atomic E-state index is 11.7. The lowest BCUT2D eigenvalue weighted by Gasteiger charge is -2.19. The van der Waals surface area contributed by atoms with E-state index in [9.17, 15) is 9.90 Å². The molecule has 0 radical (unpaired) electrons. The van der Waals surface area contributed by atoms with E-state index in [0.29, 0.717) is 10.0 Å². The van der Waals surface area contributed by atoms with Gasteiger partial charge in [-0.2, -0.15) is 0 Å². The molecule has 1 unspecified atom stereocenters. The van der Waals surface area contributed by atoms with Gasteiger partial charge < -0.3 is 10.4 Å². The van der Waals surface area contributed by atoms with Gasteiger partial charge in [0, 0.05) is 22.7 Å². The average Bonchev–Trinajstić information content (AvgIpc) is 2.43. The van der Waals surface area contributed by atoms with E-state index in [1.165, 1.54) is 6.08 Å². The molecule has 0 heterocycles. The molecular weight excluding hydrogens is 309 g/mol. The van der Waals surface area contributed by atoms with E-state index in [1.54, 1.807) is 24.3 Å². The fourth-order valence-electron chi connectivity index (χ4n) is 2.11. The number of carbonyl (C=O) groups is 1. The summed E-state index contributed by atoms with van der Waals surface area (Å²) in [7, 11) is 0. The van der Waals surface area contributed by atoms with Crippen molar-refractivity contribution in [3.63, 3.8) is 0 Å². The second-order valence-electron chi connectivity index (χ2n) is 4.93. The number of halogens is 2. The Kier molecular flexibility index (Phi) is 7.79. The Bertz CT molecular complexity index is 479. The molecule has 0 aliphatic rings. The van der Waals surface area contributed by atoms with E-state index in [-0.39, 0.29) is 18.4 Å². The largest absolute Gasteiger partial charge is 0.391 e. The Hall–Kier alpha value is -1.03. The monoisotopic (exact) mass is 329 g/mol. The van der Waals surface area contributed by atoms with Crippen molar-refractivity contribution in [3.05, 3.63) is 39.9 Å². The van der Waals surface area contributed by atoms with E-state index < -0.39 is 6.10 Å². The van der Waals surface area contributed by atoms with Crippen LogP contribution in [0.4, 0.5) is 0 Å². The maximum atomic E-state index is 11.7. The van der Waals surface area contributed by atoms with Crippen LogP contribution in [-0.4, -0.2) is 23.7 Å². The van der Waals surface area contributed by atoms with Gasteiger partial charge in [-0.15, -0.1) is 0 Å². The normalized spacial score (nSPS) is 12.9. The van der Waals surface area contributed by atoms with Gasteiger partial charge in [-0.05, 0) is 35.8 Å². The van der Waals surface area contributed by atoms with Gasteiger partial charge in [0.2, 0.25) is 5.91 Å². The van der Waals surface area contributed by atoms with Crippen LogP contribution in [0, 0.1) is 5.92 Å². The molecule has 21 heavy (non-hydrogen) atoms. The fourth-order valence-corrected chi connectivity index (χ4v) is 2.65. The highest BCUT2D eigenvalue weighted by molar-refractivity contribution is 6.34. The average molecular weight is 330 g/mol. The van der Waals surface area contributed by atoms with Crippen LogP contribution in [0.3, 0.4) is 0 Å². The zero-order valence-corrected chi connectivity index (χ0v) is 13.8. The van der Waals surface area contributed by atoms with Gasteiger partial charge in [0.1, 0.15) is 0 Å². The van der Waals surface area contributed by atoms with Crippen LogP contribution in [0.5, 0.6) is 0 Å². The molecule has 0 spiro atoms. The standard InChI is InChI=1S/C16H21Cl2NO2/c1-3-12(4-2)15(20)10-19-16(21)6-5-11-7-13(17)9-14(18)8-11/h5-9,12,15,20H,3-4,10H2,1-2H3,(H,19,21)/b6-5+. The molecule has 0 aliphatic carbocycles. The van der Waals surface area contributed by atoms with Crippen molar-refractivity contribution in [2.75, 3.05) is 6.54 Å². The molecule has 0 aromatic heterocycles. The number of hydrogen-bond acceptors (Lipinski definition) is 2. The van der Waals surface area contributed by atoms with E-state index in [4.69, 9.17) is 23.2 Å². The molecule has 1 aromatic carbocycles. The predicted octanol–water partition coefficient (Wildman–Crippen LogP) is 3.92. The molecule has 0 aliphatic heterocycles. The van der Waals surface area contributed by atoms with E-state index >= 15 is 0 Å². The minimum atomic E-state index is -0.516. The second-order valence-corrected chi connectivity index (χ2v) is 5.80. The number of rotatable bonds is 7. The van der Waals surface area contributed by atoms with Gasteiger partial charge in [0.25, 0.3) is 0 Å². The van der Waals surface area contributed by atoms with Crippen molar-refractivity contribution in [2.45, 2.75) is 32.8 Å². The summed E-state index contributed by atoms with van der Waals surface area (Å²) in [5.74, 6) is -0.0443. The molecular formula is C16H21Cl2NO2. The van der Waals surface area contributed by atoms with E-state index in [2.05, 4.69) is 5.32 Å². The summed E-state index contributed by atoms with van der Waals surface area (Å²) >= 11 is 11.8. The van der Waals surface area contributed by atoms with Crippen LogP contribution >= 0.6 is 23.2 Å². The Morgan fingerprint density at radius 1 is 1.24 bits per heavy atom. The van der Waals surface area contributed by atoms with Crippen molar-refractivity contribution in [3.8, 4) is 0 Å². The second kappa shape index (κ2) is 9.08. The summed E-state index contributed by atoms with van der Waals surface area (Å²) < 4.78 is 0. The number of amides is 1. The summed E-state index contributed by atoms with van der Waals surface area (Å²) in [6.07, 6.45) is 4.31. The molecule has 1 atom stereocenters. The first-order valence-electron chi connectivity index (χ1n) is 7.06. The number of benzene rings is 1. The molecule has 3 nitrogen and oxygen atoms in total. The first kappa shape index (κ1) is 18.0. The van der Waals surface area contributed by atoms with Crippen LogP contribution in [0.1, 0.15) is 32.3 Å². The van der Waals surface area contributed by atoms with Crippen molar-refractivity contribution in [1.82, 2.24) is 5.32 Å². The number of carbonyl (C=O) groups excluding carboxylic acids is 1. The first-order chi connectivity index (χ1) is 9.96. The van der Waals surface area contributed by atoms with Crippen molar-refractivity contribution in [1.29, 1.82) is 0 Å². The third-order valence-electron chi connectivity index (χ3n) is 3.39. The third-order valence-corrected chi connectivity index (χ3v) is 3.83. The fraction of sp³-hybridized carbons (Fsp3) is 0.438. The van der Waals surface area contributed by atoms with E-state index in [1.807, 2.05) is 13.8 Å². The molecule has 1 aromatic rings. The molecule has 116 valence electrons. The highest BCUT2D eigenvalue weighted by atomic mass is 35.5. The van der Waals surface area contributed by atoms with Gasteiger partial charge in [0.15, 0.2) is 0 Å². The number of aliphatic hydroxyl groups excluding tert-OH is 1. The predicted molar refractivity (Wildman–Crippen MR) is 88.6 cm³/mol. The summed E-state index contributed by atoms with van der Waals surface area (Å²) in [5, 5.41) is 13.7. The number of nitrogens with one attached hydrogen (secondary N) is 1. The zero-order valence-electron chi connectivity index (χ0n) is 12.3. The van der Waals surface area contributed by atoms with Crippen molar-refractivity contribution in [2.24, 2.45) is 5.92 Å². The Balaban J connectivity index is 2.51. The molecule has 5 heteroatoms. The number of hydrogen-bond donors (Lipinski definition) is 2. The van der Waals surface area contributed by atoms with Crippen molar-refractivity contribution >= 4 is 35.2 Å². The molecule has 0 saturated carbocycles. The lowest BCUT2D eigenvalue weighted by molar-refractivity contribution is -0.117. The molecule has 1 rings (SSSR count).